The van der Waals surface area contributed by atoms with Gasteiger partial charge in [0.05, 0.1) is 22.6 Å². The van der Waals surface area contributed by atoms with Crippen LogP contribution < -0.4 is 13.8 Å². The molecule has 11 heteroatoms. The first-order valence-corrected chi connectivity index (χ1v) is 12.3. The SMILES string of the molecule is COc1ccc(S(=O)(=O)NCc2cccnc2)cc1N(C)S(=O)(=O)c1ccc(Cl)cc1. The summed E-state index contributed by atoms with van der Waals surface area (Å²) in [5, 5.41) is 0.395. The quantitative estimate of drug-likeness (QED) is 0.530. The minimum absolute atomic E-state index is 0.00409. The molecule has 1 heterocycles. The second kappa shape index (κ2) is 9.23. The second-order valence-electron chi connectivity index (χ2n) is 6.45. The van der Waals surface area contributed by atoms with Gasteiger partial charge in [0.25, 0.3) is 10.0 Å². The molecule has 31 heavy (non-hydrogen) atoms. The van der Waals surface area contributed by atoms with Gasteiger partial charge in [-0.05, 0) is 54.1 Å². The Hall–Kier alpha value is -2.66. The van der Waals surface area contributed by atoms with E-state index in [1.54, 1.807) is 24.5 Å². The minimum atomic E-state index is -3.99. The number of ether oxygens (including phenoxy) is 1. The van der Waals surface area contributed by atoms with Crippen LogP contribution in [0.5, 0.6) is 5.75 Å². The van der Waals surface area contributed by atoms with Crippen molar-refractivity contribution in [2.45, 2.75) is 16.3 Å². The molecule has 1 aromatic heterocycles. The largest absolute Gasteiger partial charge is 0.495 e. The first kappa shape index (κ1) is 23.0. The third-order valence-corrected chi connectivity index (χ3v) is 7.90. The summed E-state index contributed by atoms with van der Waals surface area (Å²) in [5.74, 6) is 0.200. The normalized spacial score (nSPS) is 11.8. The Balaban J connectivity index is 1.95. The van der Waals surface area contributed by atoms with Crippen molar-refractivity contribution in [3.8, 4) is 5.75 Å². The maximum atomic E-state index is 13.0. The molecular weight excluding hydrogens is 462 g/mol. The number of hydrogen-bond acceptors (Lipinski definition) is 6. The van der Waals surface area contributed by atoms with E-state index in [-0.39, 0.29) is 27.8 Å². The van der Waals surface area contributed by atoms with Crippen LogP contribution in [-0.2, 0) is 26.6 Å². The lowest BCUT2D eigenvalue weighted by Gasteiger charge is -2.22. The number of aromatic nitrogens is 1. The van der Waals surface area contributed by atoms with Crippen LogP contribution in [0, 0.1) is 0 Å². The lowest BCUT2D eigenvalue weighted by Crippen LogP contribution is -2.28. The van der Waals surface area contributed by atoms with Crippen LogP contribution in [0.3, 0.4) is 0 Å². The molecule has 2 aromatic carbocycles. The number of halogens is 1. The number of hydrogen-bond donors (Lipinski definition) is 1. The number of nitrogens with zero attached hydrogens (tertiary/aromatic N) is 2. The van der Waals surface area contributed by atoms with Crippen LogP contribution in [-0.4, -0.2) is 36.0 Å². The summed E-state index contributed by atoms with van der Waals surface area (Å²) < 4.78 is 60.4. The molecule has 0 fully saturated rings. The molecule has 8 nitrogen and oxygen atoms in total. The summed E-state index contributed by atoms with van der Waals surface area (Å²) in [6, 6.07) is 13.1. The molecule has 0 radical (unpaired) electrons. The average molecular weight is 482 g/mol. The monoisotopic (exact) mass is 481 g/mol. The molecule has 0 amide bonds. The minimum Gasteiger partial charge on any atom is -0.495 e. The molecule has 0 atom stereocenters. The van der Waals surface area contributed by atoms with E-state index in [4.69, 9.17) is 16.3 Å². The van der Waals surface area contributed by atoms with Gasteiger partial charge in [0.2, 0.25) is 10.0 Å². The van der Waals surface area contributed by atoms with Gasteiger partial charge in [-0.3, -0.25) is 9.29 Å². The molecule has 0 saturated heterocycles. The zero-order valence-corrected chi connectivity index (χ0v) is 19.1. The summed E-state index contributed by atoms with van der Waals surface area (Å²) in [4.78, 5) is 3.84. The van der Waals surface area contributed by atoms with Crippen LogP contribution in [0.2, 0.25) is 5.02 Å². The predicted octanol–water partition coefficient (Wildman–Crippen LogP) is 3.05. The topological polar surface area (TPSA) is 106 Å². The van der Waals surface area contributed by atoms with Crippen molar-refractivity contribution in [3.63, 3.8) is 0 Å². The Morgan fingerprint density at radius 2 is 1.71 bits per heavy atom. The number of methoxy groups -OCH3 is 1. The van der Waals surface area contributed by atoms with Gasteiger partial charge >= 0.3 is 0 Å². The molecule has 0 saturated carbocycles. The van der Waals surface area contributed by atoms with Crippen molar-refractivity contribution in [2.75, 3.05) is 18.5 Å². The highest BCUT2D eigenvalue weighted by atomic mass is 35.5. The molecule has 0 aliphatic carbocycles. The van der Waals surface area contributed by atoms with Gasteiger partial charge in [0.15, 0.2) is 0 Å². The Bertz CT molecular complexity index is 1270. The average Bonchev–Trinajstić information content (AvgIpc) is 2.77. The van der Waals surface area contributed by atoms with E-state index in [1.165, 1.54) is 56.6 Å². The summed E-state index contributed by atoms with van der Waals surface area (Å²) in [5.41, 5.74) is 0.754. The maximum absolute atomic E-state index is 13.0. The molecule has 0 aliphatic heterocycles. The van der Waals surface area contributed by atoms with Gasteiger partial charge in [0, 0.05) is 31.0 Å². The molecule has 3 aromatic rings. The fourth-order valence-corrected chi connectivity index (χ4v) is 5.10. The number of benzene rings is 2. The molecule has 3 rings (SSSR count). The highest BCUT2D eigenvalue weighted by Gasteiger charge is 2.26. The third kappa shape index (κ3) is 5.16. The summed E-state index contributed by atoms with van der Waals surface area (Å²) >= 11 is 5.84. The standard InChI is InChI=1S/C20H20ClN3O5S2/c1-24(31(27,28)17-7-5-16(21)6-8-17)19-12-18(9-10-20(19)29-2)30(25,26)23-14-15-4-3-11-22-13-15/h3-13,23H,14H2,1-2H3. The first-order valence-electron chi connectivity index (χ1n) is 8.96. The van der Waals surface area contributed by atoms with Crippen molar-refractivity contribution in [1.29, 1.82) is 0 Å². The lowest BCUT2D eigenvalue weighted by atomic mass is 10.3. The fourth-order valence-electron chi connectivity index (χ4n) is 2.74. The van der Waals surface area contributed by atoms with E-state index in [0.717, 1.165) is 4.31 Å². The molecule has 0 unspecified atom stereocenters. The number of pyridine rings is 1. The second-order valence-corrected chi connectivity index (χ2v) is 10.6. The molecule has 0 aliphatic rings. The van der Waals surface area contributed by atoms with E-state index in [1.807, 2.05) is 0 Å². The van der Waals surface area contributed by atoms with Gasteiger partial charge in [-0.2, -0.15) is 0 Å². The van der Waals surface area contributed by atoms with Gasteiger partial charge < -0.3 is 4.74 Å². The van der Waals surface area contributed by atoms with E-state index < -0.39 is 20.0 Å². The highest BCUT2D eigenvalue weighted by Crippen LogP contribution is 2.33. The Labute approximate surface area is 186 Å². The molecule has 0 spiro atoms. The van der Waals surface area contributed by atoms with Crippen LogP contribution >= 0.6 is 11.6 Å². The Morgan fingerprint density at radius 3 is 2.32 bits per heavy atom. The lowest BCUT2D eigenvalue weighted by molar-refractivity contribution is 0.415. The molecule has 1 N–H and O–H groups in total. The third-order valence-electron chi connectivity index (χ3n) is 4.46. The first-order chi connectivity index (χ1) is 14.6. The van der Waals surface area contributed by atoms with Gasteiger partial charge in [0.1, 0.15) is 5.75 Å². The van der Waals surface area contributed by atoms with Crippen LogP contribution in [0.15, 0.2) is 76.8 Å². The number of rotatable bonds is 8. The summed E-state index contributed by atoms with van der Waals surface area (Å²) in [7, 11) is -5.22. The van der Waals surface area contributed by atoms with Crippen LogP contribution in [0.1, 0.15) is 5.56 Å². The van der Waals surface area contributed by atoms with Crippen molar-refractivity contribution >= 4 is 37.3 Å². The van der Waals surface area contributed by atoms with Crippen molar-refractivity contribution in [3.05, 3.63) is 77.6 Å². The van der Waals surface area contributed by atoms with Crippen molar-refractivity contribution in [2.24, 2.45) is 0 Å². The van der Waals surface area contributed by atoms with Crippen LogP contribution in [0.4, 0.5) is 5.69 Å². The van der Waals surface area contributed by atoms with Gasteiger partial charge in [-0.1, -0.05) is 17.7 Å². The van der Waals surface area contributed by atoms with E-state index >= 15 is 0 Å². The van der Waals surface area contributed by atoms with Gasteiger partial charge in [-0.25, -0.2) is 21.6 Å². The Kier molecular flexibility index (Phi) is 6.85. The predicted molar refractivity (Wildman–Crippen MR) is 118 cm³/mol. The fraction of sp³-hybridized carbons (Fsp3) is 0.150. The summed E-state index contributed by atoms with van der Waals surface area (Å²) in [6.07, 6.45) is 3.14. The van der Waals surface area contributed by atoms with Crippen LogP contribution in [0.25, 0.3) is 0 Å². The highest BCUT2D eigenvalue weighted by molar-refractivity contribution is 7.92. The number of anilines is 1. The Morgan fingerprint density at radius 1 is 1.03 bits per heavy atom. The van der Waals surface area contributed by atoms with Crippen molar-refractivity contribution in [1.82, 2.24) is 9.71 Å². The maximum Gasteiger partial charge on any atom is 0.264 e. The molecule has 164 valence electrons. The molecular formula is C20H20ClN3O5S2. The van der Waals surface area contributed by atoms with E-state index in [9.17, 15) is 16.8 Å². The number of sulfonamides is 2. The zero-order valence-electron chi connectivity index (χ0n) is 16.7. The van der Waals surface area contributed by atoms with Gasteiger partial charge in [-0.15, -0.1) is 0 Å². The van der Waals surface area contributed by atoms with Crippen molar-refractivity contribution < 1.29 is 21.6 Å². The zero-order chi connectivity index (χ0) is 22.6. The smallest absolute Gasteiger partial charge is 0.264 e. The van der Waals surface area contributed by atoms with E-state index in [0.29, 0.717) is 10.6 Å². The number of nitrogens with one attached hydrogen (secondary N) is 1. The molecule has 0 bridgehead atoms. The van der Waals surface area contributed by atoms with E-state index in [2.05, 4.69) is 9.71 Å². The summed E-state index contributed by atoms with van der Waals surface area (Å²) in [6.45, 7) is 0.0381.